The van der Waals surface area contributed by atoms with Crippen LogP contribution in [0, 0.1) is 0 Å². The molecule has 55 heavy (non-hydrogen) atoms. The van der Waals surface area contributed by atoms with Gasteiger partial charge in [-0.1, -0.05) is 146 Å². The minimum absolute atomic E-state index is 0.903. The summed E-state index contributed by atoms with van der Waals surface area (Å²) in [4.78, 5) is 2.40. The molecule has 0 amide bonds. The molecule has 0 spiro atoms. The van der Waals surface area contributed by atoms with Crippen molar-refractivity contribution in [2.24, 2.45) is 0 Å². The number of fused-ring (bicyclic) bond motifs is 7. The fraction of sp³-hybridized carbons (Fsp3) is 0. The van der Waals surface area contributed by atoms with Crippen molar-refractivity contribution in [1.29, 1.82) is 0 Å². The number of hydrogen-bond donors (Lipinski definition) is 0. The Hall–Kier alpha value is -6.94. The molecule has 2 aromatic heterocycles. The van der Waals surface area contributed by atoms with Crippen molar-refractivity contribution >= 4 is 81.3 Å². The number of anilines is 3. The second-order valence-electron chi connectivity index (χ2n) is 14.1. The van der Waals surface area contributed by atoms with Gasteiger partial charge in [-0.15, -0.1) is 11.3 Å². The van der Waals surface area contributed by atoms with Gasteiger partial charge in [-0.2, -0.15) is 0 Å². The molecule has 2 nitrogen and oxygen atoms in total. The number of hydrogen-bond acceptors (Lipinski definition) is 3. The normalized spacial score (nSPS) is 11.6. The molecule has 0 N–H and O–H groups in total. The van der Waals surface area contributed by atoms with Gasteiger partial charge >= 0.3 is 0 Å². The highest BCUT2D eigenvalue weighted by Crippen LogP contribution is 2.46. The van der Waals surface area contributed by atoms with E-state index in [2.05, 4.69) is 205 Å². The molecule has 0 aliphatic rings. The maximum absolute atomic E-state index is 6.77. The number of rotatable bonds is 6. The zero-order chi connectivity index (χ0) is 36.3. The summed E-state index contributed by atoms with van der Waals surface area (Å²) in [6, 6.07) is 72.2. The molecular formula is C52H33NOS. The fourth-order valence-electron chi connectivity index (χ4n) is 8.21. The molecular weight excluding hydrogens is 687 g/mol. The van der Waals surface area contributed by atoms with Crippen molar-refractivity contribution < 1.29 is 4.42 Å². The molecule has 0 radical (unpaired) electrons. The summed E-state index contributed by atoms with van der Waals surface area (Å²) in [5.41, 5.74) is 12.0. The number of nitrogens with zero attached hydrogens (tertiary/aromatic N) is 1. The molecule has 0 aliphatic carbocycles. The number of thiophene rings is 1. The van der Waals surface area contributed by atoms with Crippen molar-refractivity contribution in [3.8, 4) is 33.4 Å². The Balaban J connectivity index is 1.13. The van der Waals surface area contributed by atoms with Crippen LogP contribution >= 0.6 is 11.3 Å². The monoisotopic (exact) mass is 719 g/mol. The van der Waals surface area contributed by atoms with E-state index >= 15 is 0 Å². The molecule has 0 aliphatic heterocycles. The maximum Gasteiger partial charge on any atom is 0.143 e. The third-order valence-corrected chi connectivity index (χ3v) is 12.0. The van der Waals surface area contributed by atoms with E-state index in [-0.39, 0.29) is 0 Å². The first kappa shape index (κ1) is 31.6. The van der Waals surface area contributed by atoms with Gasteiger partial charge in [0.2, 0.25) is 0 Å². The van der Waals surface area contributed by atoms with Crippen LogP contribution in [0.15, 0.2) is 205 Å². The van der Waals surface area contributed by atoms with Crippen molar-refractivity contribution in [2.75, 3.05) is 4.90 Å². The lowest BCUT2D eigenvalue weighted by molar-refractivity contribution is 0.670. The standard InChI is InChI=1S/C52H33NOS/c1-3-13-34(14-4-1)36-19-11-20-39(29-36)53(41-26-28-44-43-21-9-10-24-50(43)55-51(44)33-41)40-25-27-42(47(32-40)35-15-5-2-6-16-35)45-22-12-23-46-48-30-37-17-7-8-18-38(37)31-49(48)54-52(45)46/h1-33H. The molecule has 2 heterocycles. The summed E-state index contributed by atoms with van der Waals surface area (Å²) in [5, 5.41) is 7.23. The molecule has 11 rings (SSSR count). The van der Waals surface area contributed by atoms with Gasteiger partial charge in [0.1, 0.15) is 11.2 Å². The topological polar surface area (TPSA) is 16.4 Å². The average molecular weight is 720 g/mol. The second kappa shape index (κ2) is 12.9. The molecule has 0 atom stereocenters. The van der Waals surface area contributed by atoms with Gasteiger partial charge in [0.15, 0.2) is 0 Å². The third-order valence-electron chi connectivity index (χ3n) is 10.8. The summed E-state index contributed by atoms with van der Waals surface area (Å²) >= 11 is 1.85. The van der Waals surface area contributed by atoms with E-state index in [1.54, 1.807) is 0 Å². The van der Waals surface area contributed by atoms with E-state index in [1.165, 1.54) is 42.1 Å². The summed E-state index contributed by atoms with van der Waals surface area (Å²) in [5.74, 6) is 0. The fourth-order valence-corrected chi connectivity index (χ4v) is 9.35. The van der Waals surface area contributed by atoms with Crippen LogP contribution in [0.3, 0.4) is 0 Å². The van der Waals surface area contributed by atoms with Crippen LogP contribution in [0.25, 0.3) is 86.3 Å². The number of furan rings is 1. The van der Waals surface area contributed by atoms with Gasteiger partial charge in [0.25, 0.3) is 0 Å². The van der Waals surface area contributed by atoms with Crippen LogP contribution < -0.4 is 4.90 Å². The van der Waals surface area contributed by atoms with Gasteiger partial charge in [0.05, 0.1) is 0 Å². The van der Waals surface area contributed by atoms with E-state index in [0.29, 0.717) is 0 Å². The van der Waals surface area contributed by atoms with E-state index < -0.39 is 0 Å². The average Bonchev–Trinajstić information content (AvgIpc) is 3.81. The van der Waals surface area contributed by atoms with Crippen LogP contribution in [-0.4, -0.2) is 0 Å². The van der Waals surface area contributed by atoms with Crippen molar-refractivity contribution in [1.82, 2.24) is 0 Å². The van der Waals surface area contributed by atoms with Crippen molar-refractivity contribution in [3.63, 3.8) is 0 Å². The Bertz CT molecular complexity index is 3210. The zero-order valence-corrected chi connectivity index (χ0v) is 30.6. The first-order valence-corrected chi connectivity index (χ1v) is 19.5. The molecule has 0 fully saturated rings. The summed E-state index contributed by atoms with van der Waals surface area (Å²) < 4.78 is 9.34. The van der Waals surface area contributed by atoms with E-state index in [1.807, 2.05) is 11.3 Å². The Kier molecular flexibility index (Phi) is 7.39. The van der Waals surface area contributed by atoms with Gasteiger partial charge in [-0.25, -0.2) is 0 Å². The highest BCUT2D eigenvalue weighted by Gasteiger charge is 2.21. The SMILES string of the molecule is c1ccc(-c2cccc(N(c3ccc(-c4cccc5c4oc4cc6ccccc6cc45)c(-c4ccccc4)c3)c3ccc4c(c3)sc3ccccc34)c2)cc1. The predicted octanol–water partition coefficient (Wildman–Crippen LogP) is 15.6. The highest BCUT2D eigenvalue weighted by atomic mass is 32.1. The lowest BCUT2D eigenvalue weighted by Gasteiger charge is -2.27. The molecule has 9 aromatic carbocycles. The minimum Gasteiger partial charge on any atom is -0.455 e. The van der Waals surface area contributed by atoms with Crippen LogP contribution in [-0.2, 0) is 0 Å². The molecule has 0 saturated heterocycles. The van der Waals surface area contributed by atoms with Crippen LogP contribution in [0.1, 0.15) is 0 Å². The smallest absolute Gasteiger partial charge is 0.143 e. The van der Waals surface area contributed by atoms with Crippen LogP contribution in [0.2, 0.25) is 0 Å². The van der Waals surface area contributed by atoms with E-state index in [9.17, 15) is 0 Å². The Morgan fingerprint density at radius 1 is 0.345 bits per heavy atom. The highest BCUT2D eigenvalue weighted by molar-refractivity contribution is 7.25. The molecule has 0 saturated carbocycles. The number of benzene rings is 9. The molecule has 11 aromatic rings. The van der Waals surface area contributed by atoms with Crippen LogP contribution in [0.5, 0.6) is 0 Å². The molecule has 3 heteroatoms. The Morgan fingerprint density at radius 2 is 0.982 bits per heavy atom. The Labute approximate surface area is 322 Å². The van der Waals surface area contributed by atoms with E-state index in [0.717, 1.165) is 61.3 Å². The first-order valence-electron chi connectivity index (χ1n) is 18.7. The van der Waals surface area contributed by atoms with Crippen molar-refractivity contribution in [3.05, 3.63) is 200 Å². The van der Waals surface area contributed by atoms with Crippen molar-refractivity contribution in [2.45, 2.75) is 0 Å². The van der Waals surface area contributed by atoms with Gasteiger partial charge in [-0.3, -0.25) is 0 Å². The van der Waals surface area contributed by atoms with Gasteiger partial charge in [0, 0.05) is 53.6 Å². The van der Waals surface area contributed by atoms with Gasteiger partial charge < -0.3 is 9.32 Å². The lowest BCUT2D eigenvalue weighted by atomic mass is 9.92. The first-order chi connectivity index (χ1) is 27.2. The van der Waals surface area contributed by atoms with E-state index in [4.69, 9.17) is 4.42 Å². The quantitative estimate of drug-likeness (QED) is 0.170. The summed E-state index contributed by atoms with van der Waals surface area (Å²) in [6.45, 7) is 0. The largest absolute Gasteiger partial charge is 0.455 e. The third kappa shape index (κ3) is 5.40. The lowest BCUT2D eigenvalue weighted by Crippen LogP contribution is -2.10. The summed E-state index contributed by atoms with van der Waals surface area (Å²) in [7, 11) is 0. The van der Waals surface area contributed by atoms with Crippen LogP contribution in [0.4, 0.5) is 17.1 Å². The molecule has 0 unspecified atom stereocenters. The minimum atomic E-state index is 0.903. The number of para-hydroxylation sites is 1. The summed E-state index contributed by atoms with van der Waals surface area (Å²) in [6.07, 6.45) is 0. The predicted molar refractivity (Wildman–Crippen MR) is 235 cm³/mol. The maximum atomic E-state index is 6.77. The second-order valence-corrected chi connectivity index (χ2v) is 15.2. The molecule has 0 bridgehead atoms. The molecule has 258 valence electrons. The Morgan fingerprint density at radius 3 is 1.84 bits per heavy atom. The van der Waals surface area contributed by atoms with Gasteiger partial charge in [-0.05, 0) is 93.2 Å². The zero-order valence-electron chi connectivity index (χ0n) is 29.8.